The standard InChI is InChI=1S/C25H21F2N3O4/c26-18-9-12-21(20(27)14-18)30-25(33)29-19-10-7-16(8-11-19)15-3-5-17(6-4-15)23(31)34-24(32)22-2-1-13-28-22/h3-12,14,22,28H,1-2,13H2,(H2,29,30,33)/t22-/m1/s1. The van der Waals surface area contributed by atoms with Crippen molar-refractivity contribution in [3.63, 3.8) is 0 Å². The molecule has 9 heteroatoms. The summed E-state index contributed by atoms with van der Waals surface area (Å²) in [5.41, 5.74) is 2.21. The van der Waals surface area contributed by atoms with Gasteiger partial charge in [0.05, 0.1) is 11.3 Å². The van der Waals surface area contributed by atoms with Crippen LogP contribution in [-0.4, -0.2) is 30.6 Å². The van der Waals surface area contributed by atoms with Crippen molar-refractivity contribution in [1.29, 1.82) is 0 Å². The first-order valence-electron chi connectivity index (χ1n) is 10.6. The zero-order valence-electron chi connectivity index (χ0n) is 17.9. The molecule has 0 aliphatic carbocycles. The molecular weight excluding hydrogens is 444 g/mol. The molecule has 1 atom stereocenters. The van der Waals surface area contributed by atoms with E-state index in [0.717, 1.165) is 36.2 Å². The van der Waals surface area contributed by atoms with Gasteiger partial charge in [0.15, 0.2) is 0 Å². The van der Waals surface area contributed by atoms with E-state index in [1.54, 1.807) is 48.5 Å². The van der Waals surface area contributed by atoms with Gasteiger partial charge in [0.1, 0.15) is 17.7 Å². The van der Waals surface area contributed by atoms with Crippen LogP contribution in [0.1, 0.15) is 23.2 Å². The van der Waals surface area contributed by atoms with Gasteiger partial charge >= 0.3 is 18.0 Å². The summed E-state index contributed by atoms with van der Waals surface area (Å²) in [6.45, 7) is 0.731. The predicted octanol–water partition coefficient (Wildman–Crippen LogP) is 4.71. The lowest BCUT2D eigenvalue weighted by Gasteiger charge is -2.10. The molecule has 3 aromatic rings. The Labute approximate surface area is 194 Å². The van der Waals surface area contributed by atoms with E-state index in [2.05, 4.69) is 16.0 Å². The summed E-state index contributed by atoms with van der Waals surface area (Å²) in [6, 6.07) is 15.2. The molecule has 1 fully saturated rings. The van der Waals surface area contributed by atoms with Gasteiger partial charge in [0.2, 0.25) is 0 Å². The Morgan fingerprint density at radius 1 is 0.882 bits per heavy atom. The summed E-state index contributed by atoms with van der Waals surface area (Å²) in [5.74, 6) is -2.88. The van der Waals surface area contributed by atoms with Crippen LogP contribution in [0.2, 0.25) is 0 Å². The van der Waals surface area contributed by atoms with Gasteiger partial charge in [0, 0.05) is 11.8 Å². The number of nitrogens with one attached hydrogen (secondary N) is 3. The Bertz CT molecular complexity index is 1210. The Morgan fingerprint density at radius 3 is 2.18 bits per heavy atom. The molecule has 1 aliphatic heterocycles. The number of ether oxygens (including phenoxy) is 1. The summed E-state index contributed by atoms with van der Waals surface area (Å²) in [5, 5.41) is 7.87. The number of carbonyl (C=O) groups is 3. The Balaban J connectivity index is 1.34. The molecule has 0 bridgehead atoms. The Kier molecular flexibility index (Phi) is 6.93. The first kappa shape index (κ1) is 23.1. The number of halogens is 2. The van der Waals surface area contributed by atoms with E-state index in [4.69, 9.17) is 4.74 Å². The van der Waals surface area contributed by atoms with E-state index in [-0.39, 0.29) is 11.3 Å². The number of anilines is 2. The highest BCUT2D eigenvalue weighted by molar-refractivity contribution is 6.00. The fourth-order valence-electron chi connectivity index (χ4n) is 3.53. The van der Waals surface area contributed by atoms with Crippen molar-refractivity contribution in [2.75, 3.05) is 17.2 Å². The lowest BCUT2D eigenvalue weighted by Crippen LogP contribution is -2.33. The Hall–Kier alpha value is -4.11. The van der Waals surface area contributed by atoms with Crippen LogP contribution >= 0.6 is 0 Å². The van der Waals surface area contributed by atoms with Crippen molar-refractivity contribution < 1.29 is 27.9 Å². The van der Waals surface area contributed by atoms with Crippen LogP contribution in [0.25, 0.3) is 11.1 Å². The highest BCUT2D eigenvalue weighted by atomic mass is 19.1. The molecule has 7 nitrogen and oxygen atoms in total. The van der Waals surface area contributed by atoms with Crippen LogP contribution < -0.4 is 16.0 Å². The zero-order valence-corrected chi connectivity index (χ0v) is 17.9. The predicted molar refractivity (Wildman–Crippen MR) is 122 cm³/mol. The number of hydrogen-bond donors (Lipinski definition) is 3. The van der Waals surface area contributed by atoms with Gasteiger partial charge in [-0.15, -0.1) is 0 Å². The largest absolute Gasteiger partial charge is 0.388 e. The molecular formula is C25H21F2N3O4. The van der Waals surface area contributed by atoms with Crippen molar-refractivity contribution in [3.05, 3.63) is 83.9 Å². The van der Waals surface area contributed by atoms with Crippen molar-refractivity contribution >= 4 is 29.3 Å². The second kappa shape index (κ2) is 10.2. The number of benzene rings is 3. The van der Waals surface area contributed by atoms with Gasteiger partial charge in [-0.3, -0.25) is 0 Å². The molecule has 4 rings (SSSR count). The molecule has 0 radical (unpaired) electrons. The lowest BCUT2D eigenvalue weighted by molar-refractivity contribution is -0.139. The summed E-state index contributed by atoms with van der Waals surface area (Å²) in [6.07, 6.45) is 1.52. The quantitative estimate of drug-likeness (QED) is 0.375. The number of urea groups is 1. The third kappa shape index (κ3) is 5.62. The monoisotopic (exact) mass is 465 g/mol. The van der Waals surface area contributed by atoms with Gasteiger partial charge < -0.3 is 20.7 Å². The highest BCUT2D eigenvalue weighted by Gasteiger charge is 2.26. The summed E-state index contributed by atoms with van der Waals surface area (Å²) < 4.78 is 31.6. The van der Waals surface area contributed by atoms with Crippen molar-refractivity contribution in [3.8, 4) is 11.1 Å². The van der Waals surface area contributed by atoms with E-state index in [1.807, 2.05) is 0 Å². The molecule has 1 aliphatic rings. The second-order valence-electron chi connectivity index (χ2n) is 7.72. The first-order valence-corrected chi connectivity index (χ1v) is 10.6. The lowest BCUT2D eigenvalue weighted by atomic mass is 10.0. The van der Waals surface area contributed by atoms with E-state index in [9.17, 15) is 23.2 Å². The van der Waals surface area contributed by atoms with Gasteiger partial charge in [-0.25, -0.2) is 23.2 Å². The normalized spacial score (nSPS) is 14.9. The SMILES string of the molecule is O=C(Nc1ccc(-c2ccc(C(=O)OC(=O)[C@H]3CCCN3)cc2)cc1)Nc1ccc(F)cc1F. The summed E-state index contributed by atoms with van der Waals surface area (Å²) in [7, 11) is 0. The van der Waals surface area contributed by atoms with Crippen molar-refractivity contribution in [2.45, 2.75) is 18.9 Å². The van der Waals surface area contributed by atoms with E-state index < -0.39 is 35.6 Å². The third-order valence-corrected chi connectivity index (χ3v) is 5.31. The maximum Gasteiger partial charge on any atom is 0.345 e. The molecule has 0 spiro atoms. The number of hydrogen-bond acceptors (Lipinski definition) is 5. The fourth-order valence-corrected chi connectivity index (χ4v) is 3.53. The van der Waals surface area contributed by atoms with Crippen LogP contribution in [0.3, 0.4) is 0 Å². The molecule has 3 N–H and O–H groups in total. The van der Waals surface area contributed by atoms with Crippen LogP contribution in [0, 0.1) is 11.6 Å². The average molecular weight is 465 g/mol. The molecule has 1 heterocycles. The molecule has 1 saturated heterocycles. The smallest absolute Gasteiger partial charge is 0.345 e. The first-order chi connectivity index (χ1) is 16.4. The van der Waals surface area contributed by atoms with E-state index in [0.29, 0.717) is 18.2 Å². The summed E-state index contributed by atoms with van der Waals surface area (Å²) >= 11 is 0. The van der Waals surface area contributed by atoms with Gasteiger partial charge in [0.25, 0.3) is 0 Å². The molecule has 0 unspecified atom stereocenters. The highest BCUT2D eigenvalue weighted by Crippen LogP contribution is 2.23. The number of rotatable bonds is 5. The number of esters is 2. The molecule has 0 aromatic heterocycles. The summed E-state index contributed by atoms with van der Waals surface area (Å²) in [4.78, 5) is 36.3. The third-order valence-electron chi connectivity index (χ3n) is 5.31. The maximum absolute atomic E-state index is 13.7. The minimum atomic E-state index is -0.877. The number of amides is 2. The molecule has 0 saturated carbocycles. The number of carbonyl (C=O) groups excluding carboxylic acids is 3. The minimum absolute atomic E-state index is 0.143. The van der Waals surface area contributed by atoms with Crippen LogP contribution in [0.15, 0.2) is 66.7 Å². The van der Waals surface area contributed by atoms with Crippen LogP contribution in [-0.2, 0) is 9.53 Å². The van der Waals surface area contributed by atoms with E-state index in [1.165, 1.54) is 0 Å². The Morgan fingerprint density at radius 2 is 1.56 bits per heavy atom. The fraction of sp³-hybridized carbons (Fsp3) is 0.160. The van der Waals surface area contributed by atoms with E-state index >= 15 is 0 Å². The zero-order chi connectivity index (χ0) is 24.1. The van der Waals surface area contributed by atoms with Crippen LogP contribution in [0.5, 0.6) is 0 Å². The topological polar surface area (TPSA) is 96.5 Å². The average Bonchev–Trinajstić information content (AvgIpc) is 3.37. The molecule has 3 aromatic carbocycles. The van der Waals surface area contributed by atoms with Crippen LogP contribution in [0.4, 0.5) is 25.0 Å². The maximum atomic E-state index is 13.7. The molecule has 174 valence electrons. The van der Waals surface area contributed by atoms with Gasteiger partial charge in [-0.2, -0.15) is 0 Å². The minimum Gasteiger partial charge on any atom is -0.388 e. The van der Waals surface area contributed by atoms with Crippen molar-refractivity contribution in [1.82, 2.24) is 5.32 Å². The molecule has 34 heavy (non-hydrogen) atoms. The van der Waals surface area contributed by atoms with Gasteiger partial charge in [-0.1, -0.05) is 24.3 Å². The molecule has 2 amide bonds. The van der Waals surface area contributed by atoms with Crippen molar-refractivity contribution in [2.24, 2.45) is 0 Å². The van der Waals surface area contributed by atoms with Gasteiger partial charge in [-0.05, 0) is 66.9 Å². The second-order valence-corrected chi connectivity index (χ2v) is 7.72.